The Hall–Kier alpha value is -3.06. The summed E-state index contributed by atoms with van der Waals surface area (Å²) in [6, 6.07) is 13.9. The van der Waals surface area contributed by atoms with Gasteiger partial charge in [-0.15, -0.1) is 0 Å². The normalized spacial score (nSPS) is 18.0. The summed E-state index contributed by atoms with van der Waals surface area (Å²) >= 11 is 0. The topological polar surface area (TPSA) is 56.1 Å². The van der Waals surface area contributed by atoms with Crippen LogP contribution in [0.1, 0.15) is 55.4 Å². The number of nitrogens with one attached hydrogen (secondary N) is 1. The van der Waals surface area contributed by atoms with Gasteiger partial charge in [0.15, 0.2) is 0 Å². The van der Waals surface area contributed by atoms with E-state index in [1.165, 1.54) is 11.3 Å². The molecule has 1 heterocycles. The van der Waals surface area contributed by atoms with Crippen molar-refractivity contribution >= 4 is 23.4 Å². The van der Waals surface area contributed by atoms with Gasteiger partial charge >= 0.3 is 0 Å². The number of fused-ring (bicyclic) bond motifs is 1. The van der Waals surface area contributed by atoms with Crippen LogP contribution >= 0.6 is 0 Å². The third-order valence-electron chi connectivity index (χ3n) is 5.96. The van der Waals surface area contributed by atoms with Crippen LogP contribution in [0.25, 0.3) is 6.08 Å². The number of nitriles is 1. The second kappa shape index (κ2) is 7.75. The summed E-state index contributed by atoms with van der Waals surface area (Å²) in [4.78, 5) is 15.0. The third kappa shape index (κ3) is 4.19. The molecule has 0 spiro atoms. The molecule has 29 heavy (non-hydrogen) atoms. The summed E-state index contributed by atoms with van der Waals surface area (Å²) < 4.78 is 0. The Morgan fingerprint density at radius 2 is 2.00 bits per heavy atom. The standard InChI is InChI=1S/C25H29N3O/c1-16-8-7-9-21(10-16)27-24(29)20(15-26)12-19-13-22-18(3)14-25(4,5)28(6)23(22)11-17(19)2/h7-13,18H,14H2,1-6H3,(H,27,29)/b20-12-/t18-/m0/s1. The lowest BCUT2D eigenvalue weighted by molar-refractivity contribution is -0.112. The van der Waals surface area contributed by atoms with Gasteiger partial charge < -0.3 is 10.2 Å². The van der Waals surface area contributed by atoms with Crippen molar-refractivity contribution in [3.63, 3.8) is 0 Å². The first-order valence-corrected chi connectivity index (χ1v) is 10.0. The Labute approximate surface area is 173 Å². The first-order valence-electron chi connectivity index (χ1n) is 10.0. The van der Waals surface area contributed by atoms with Crippen LogP contribution in [0.3, 0.4) is 0 Å². The van der Waals surface area contributed by atoms with Gasteiger partial charge in [-0.25, -0.2) is 0 Å². The SMILES string of the molecule is Cc1cccc(NC(=O)/C(C#N)=C\c2cc3c(cc2C)N(C)C(C)(C)C[C@@H]3C)c1. The lowest BCUT2D eigenvalue weighted by atomic mass is 9.79. The molecule has 1 N–H and O–H groups in total. The van der Waals surface area contributed by atoms with Crippen molar-refractivity contribution < 1.29 is 4.79 Å². The number of anilines is 2. The molecule has 0 unspecified atom stereocenters. The van der Waals surface area contributed by atoms with Gasteiger partial charge in [0.05, 0.1) is 0 Å². The molecule has 4 nitrogen and oxygen atoms in total. The molecule has 0 saturated heterocycles. The lowest BCUT2D eigenvalue weighted by Crippen LogP contribution is -2.45. The Kier molecular flexibility index (Phi) is 5.53. The average molecular weight is 388 g/mol. The Bertz CT molecular complexity index is 1030. The maximum Gasteiger partial charge on any atom is 0.266 e. The van der Waals surface area contributed by atoms with Crippen molar-refractivity contribution in [2.24, 2.45) is 0 Å². The summed E-state index contributed by atoms with van der Waals surface area (Å²) in [5.41, 5.74) is 6.41. The predicted octanol–water partition coefficient (Wildman–Crippen LogP) is 5.57. The van der Waals surface area contributed by atoms with Crippen LogP contribution < -0.4 is 10.2 Å². The van der Waals surface area contributed by atoms with Gasteiger partial charge in [0.1, 0.15) is 11.6 Å². The number of rotatable bonds is 3. The number of carbonyl (C=O) groups excluding carboxylic acids is 1. The minimum absolute atomic E-state index is 0.0989. The van der Waals surface area contributed by atoms with E-state index in [9.17, 15) is 10.1 Å². The molecule has 1 aliphatic heterocycles. The minimum Gasteiger partial charge on any atom is -0.369 e. The lowest BCUT2D eigenvalue weighted by Gasteiger charge is -2.45. The highest BCUT2D eigenvalue weighted by molar-refractivity contribution is 6.09. The van der Waals surface area contributed by atoms with Crippen LogP contribution in [0.5, 0.6) is 0 Å². The highest BCUT2D eigenvalue weighted by atomic mass is 16.1. The van der Waals surface area contributed by atoms with Crippen molar-refractivity contribution in [1.29, 1.82) is 5.26 Å². The largest absolute Gasteiger partial charge is 0.369 e. The maximum absolute atomic E-state index is 12.7. The molecule has 1 amide bonds. The van der Waals surface area contributed by atoms with Crippen LogP contribution in [0.15, 0.2) is 42.0 Å². The highest BCUT2D eigenvalue weighted by Gasteiger charge is 2.34. The van der Waals surface area contributed by atoms with Crippen molar-refractivity contribution in [3.8, 4) is 6.07 Å². The molecule has 0 bridgehead atoms. The zero-order valence-electron chi connectivity index (χ0n) is 18.1. The number of nitrogens with zero attached hydrogens (tertiary/aromatic N) is 2. The average Bonchev–Trinajstić information content (AvgIpc) is 2.64. The highest BCUT2D eigenvalue weighted by Crippen LogP contribution is 2.43. The summed E-state index contributed by atoms with van der Waals surface area (Å²) in [6.45, 7) is 10.8. The first kappa shape index (κ1) is 20.7. The summed E-state index contributed by atoms with van der Waals surface area (Å²) in [7, 11) is 2.13. The van der Waals surface area contributed by atoms with E-state index in [4.69, 9.17) is 0 Å². The van der Waals surface area contributed by atoms with E-state index in [0.717, 1.165) is 23.1 Å². The van der Waals surface area contributed by atoms with Gasteiger partial charge in [-0.1, -0.05) is 19.1 Å². The number of hydrogen-bond acceptors (Lipinski definition) is 3. The predicted molar refractivity (Wildman–Crippen MR) is 120 cm³/mol. The van der Waals surface area contributed by atoms with E-state index in [2.05, 4.69) is 56.2 Å². The smallest absolute Gasteiger partial charge is 0.266 e. The fraction of sp³-hybridized carbons (Fsp3) is 0.360. The van der Waals surface area contributed by atoms with Crippen LogP contribution in [0, 0.1) is 25.2 Å². The van der Waals surface area contributed by atoms with Gasteiger partial charge in [-0.2, -0.15) is 5.26 Å². The van der Waals surface area contributed by atoms with Crippen molar-refractivity contribution in [3.05, 3.63) is 64.2 Å². The quantitative estimate of drug-likeness (QED) is 0.553. The van der Waals surface area contributed by atoms with E-state index in [-0.39, 0.29) is 17.0 Å². The number of hydrogen-bond donors (Lipinski definition) is 1. The monoisotopic (exact) mass is 387 g/mol. The Balaban J connectivity index is 1.95. The van der Waals surface area contributed by atoms with E-state index in [1.54, 1.807) is 6.08 Å². The molecule has 3 rings (SSSR count). The van der Waals surface area contributed by atoms with Crippen molar-refractivity contribution in [2.45, 2.75) is 52.5 Å². The third-order valence-corrected chi connectivity index (χ3v) is 5.96. The van der Waals surface area contributed by atoms with Gasteiger partial charge in [-0.3, -0.25) is 4.79 Å². The van der Waals surface area contributed by atoms with Gasteiger partial charge in [0, 0.05) is 24.0 Å². The molecule has 0 fully saturated rings. The Morgan fingerprint density at radius 1 is 1.28 bits per heavy atom. The molecule has 4 heteroatoms. The molecular weight excluding hydrogens is 358 g/mol. The van der Waals surface area contributed by atoms with Crippen molar-refractivity contribution in [2.75, 3.05) is 17.3 Å². The molecule has 0 aromatic heterocycles. The molecule has 150 valence electrons. The second-order valence-corrected chi connectivity index (χ2v) is 8.74. The summed E-state index contributed by atoms with van der Waals surface area (Å²) in [5, 5.41) is 12.4. The van der Waals surface area contributed by atoms with Crippen LogP contribution in [-0.2, 0) is 4.79 Å². The van der Waals surface area contributed by atoms with E-state index >= 15 is 0 Å². The molecule has 1 atom stereocenters. The maximum atomic E-state index is 12.7. The van der Waals surface area contributed by atoms with Gasteiger partial charge in [0.25, 0.3) is 5.91 Å². The number of amides is 1. The van der Waals surface area contributed by atoms with Crippen LogP contribution in [0.2, 0.25) is 0 Å². The first-order chi connectivity index (χ1) is 13.6. The zero-order valence-corrected chi connectivity index (χ0v) is 18.1. The number of carbonyl (C=O) groups is 1. The van der Waals surface area contributed by atoms with Gasteiger partial charge in [-0.05, 0) is 92.6 Å². The van der Waals surface area contributed by atoms with Gasteiger partial charge in [0.2, 0.25) is 0 Å². The molecule has 2 aromatic rings. The Morgan fingerprint density at radius 3 is 2.66 bits per heavy atom. The summed E-state index contributed by atoms with van der Waals surface area (Å²) in [6.07, 6.45) is 2.76. The second-order valence-electron chi connectivity index (χ2n) is 8.74. The molecule has 2 aromatic carbocycles. The molecule has 0 aliphatic carbocycles. The van der Waals surface area contributed by atoms with E-state index < -0.39 is 0 Å². The molecule has 0 saturated carbocycles. The fourth-order valence-corrected chi connectivity index (χ4v) is 4.12. The van der Waals surface area contributed by atoms with E-state index in [1.807, 2.05) is 38.1 Å². The van der Waals surface area contributed by atoms with Crippen LogP contribution in [0.4, 0.5) is 11.4 Å². The molecule has 0 radical (unpaired) electrons. The molecule has 1 aliphatic rings. The minimum atomic E-state index is -0.387. The summed E-state index contributed by atoms with van der Waals surface area (Å²) in [5.74, 6) is 0.0251. The zero-order chi connectivity index (χ0) is 21.3. The number of aryl methyl sites for hydroxylation is 2. The van der Waals surface area contributed by atoms with Crippen LogP contribution in [-0.4, -0.2) is 18.5 Å². The fourth-order valence-electron chi connectivity index (χ4n) is 4.12. The molecular formula is C25H29N3O. The number of benzene rings is 2. The van der Waals surface area contributed by atoms with E-state index in [0.29, 0.717) is 11.6 Å². The van der Waals surface area contributed by atoms with Crippen molar-refractivity contribution in [1.82, 2.24) is 0 Å².